The Labute approximate surface area is 110 Å². The molecule has 1 N–H and O–H groups in total. The van der Waals surface area contributed by atoms with Crippen LogP contribution in [0.2, 0.25) is 5.02 Å². The van der Waals surface area contributed by atoms with E-state index >= 15 is 0 Å². The summed E-state index contributed by atoms with van der Waals surface area (Å²) in [7, 11) is 3.20. The Morgan fingerprint density at radius 3 is 2.78 bits per heavy atom. The maximum atomic E-state index is 11.1. The number of amides is 1. The van der Waals surface area contributed by atoms with Gasteiger partial charge in [0, 0.05) is 12.1 Å². The van der Waals surface area contributed by atoms with Crippen molar-refractivity contribution in [3.05, 3.63) is 34.9 Å². The summed E-state index contributed by atoms with van der Waals surface area (Å²) in [6.45, 7) is 0.595. The van der Waals surface area contributed by atoms with Gasteiger partial charge in [0.05, 0.1) is 19.7 Å². The number of aliphatic imine (C=N–C) groups is 1. The van der Waals surface area contributed by atoms with Crippen molar-refractivity contribution in [2.75, 3.05) is 20.7 Å². The standard InChI is InChI=1S/C12H14ClN3O2/c1-16-10(8-3-5-9(13)6-4-8)7-14-11(16)15-12(17)18-2/h3-6,10H,7H2,1-2H3,(H,14,15,17). The van der Waals surface area contributed by atoms with Gasteiger partial charge in [-0.25, -0.2) is 4.79 Å². The summed E-state index contributed by atoms with van der Waals surface area (Å²) < 4.78 is 4.54. The van der Waals surface area contributed by atoms with E-state index < -0.39 is 6.09 Å². The number of carbonyl (C=O) groups excluding carboxylic acids is 1. The molecule has 1 amide bonds. The van der Waals surface area contributed by atoms with Crippen molar-refractivity contribution in [1.82, 2.24) is 10.2 Å². The van der Waals surface area contributed by atoms with Crippen LogP contribution < -0.4 is 5.32 Å². The molecule has 1 aliphatic heterocycles. The zero-order valence-corrected chi connectivity index (χ0v) is 10.9. The number of hydrogen-bond donors (Lipinski definition) is 1. The minimum Gasteiger partial charge on any atom is -0.453 e. The minimum atomic E-state index is -0.516. The zero-order valence-electron chi connectivity index (χ0n) is 10.2. The number of benzene rings is 1. The van der Waals surface area contributed by atoms with Crippen LogP contribution in [0.5, 0.6) is 0 Å². The van der Waals surface area contributed by atoms with Crippen molar-refractivity contribution < 1.29 is 9.53 Å². The molecule has 0 bridgehead atoms. The number of nitrogens with one attached hydrogen (secondary N) is 1. The third kappa shape index (κ3) is 2.56. The topological polar surface area (TPSA) is 53.9 Å². The van der Waals surface area contributed by atoms with E-state index in [1.54, 1.807) is 0 Å². The van der Waals surface area contributed by atoms with Crippen LogP contribution in [0.25, 0.3) is 0 Å². The first-order chi connectivity index (χ1) is 8.61. The Morgan fingerprint density at radius 1 is 1.50 bits per heavy atom. The van der Waals surface area contributed by atoms with Gasteiger partial charge in [0.2, 0.25) is 5.96 Å². The lowest BCUT2D eigenvalue weighted by Gasteiger charge is -2.23. The average Bonchev–Trinajstić information content (AvgIpc) is 2.72. The molecule has 0 saturated carbocycles. The molecule has 1 atom stereocenters. The number of alkyl carbamates (subject to hydrolysis) is 1. The Kier molecular flexibility index (Phi) is 3.72. The molecule has 1 aromatic rings. The number of guanidine groups is 1. The molecule has 0 saturated heterocycles. The van der Waals surface area contributed by atoms with Gasteiger partial charge in [0.1, 0.15) is 0 Å². The molecule has 96 valence electrons. The molecule has 0 radical (unpaired) electrons. The Morgan fingerprint density at radius 2 is 2.17 bits per heavy atom. The average molecular weight is 268 g/mol. The van der Waals surface area contributed by atoms with Gasteiger partial charge in [-0.05, 0) is 17.7 Å². The van der Waals surface area contributed by atoms with Gasteiger partial charge in [-0.2, -0.15) is 0 Å². The maximum absolute atomic E-state index is 11.1. The molecule has 1 heterocycles. The zero-order chi connectivity index (χ0) is 13.1. The van der Waals surface area contributed by atoms with Crippen LogP contribution in [-0.4, -0.2) is 37.7 Å². The predicted octanol–water partition coefficient (Wildman–Crippen LogP) is 2.04. The molecule has 1 unspecified atom stereocenters. The fraction of sp³-hybridized carbons (Fsp3) is 0.333. The Balaban J connectivity index is 2.07. The minimum absolute atomic E-state index is 0.106. The van der Waals surface area contributed by atoms with Crippen molar-refractivity contribution >= 4 is 23.7 Å². The molecule has 1 aliphatic rings. The van der Waals surface area contributed by atoms with Gasteiger partial charge in [0.25, 0.3) is 0 Å². The van der Waals surface area contributed by atoms with Crippen molar-refractivity contribution in [3.8, 4) is 0 Å². The van der Waals surface area contributed by atoms with Crippen molar-refractivity contribution in [2.24, 2.45) is 4.99 Å². The van der Waals surface area contributed by atoms with Crippen molar-refractivity contribution in [3.63, 3.8) is 0 Å². The first-order valence-electron chi connectivity index (χ1n) is 5.49. The number of likely N-dealkylation sites (N-methyl/N-ethyl adjacent to an activating group) is 1. The first kappa shape index (κ1) is 12.7. The van der Waals surface area contributed by atoms with Gasteiger partial charge in [-0.1, -0.05) is 23.7 Å². The van der Waals surface area contributed by atoms with E-state index in [4.69, 9.17) is 11.6 Å². The van der Waals surface area contributed by atoms with Gasteiger partial charge in [-0.3, -0.25) is 10.3 Å². The lowest BCUT2D eigenvalue weighted by Crippen LogP contribution is -2.40. The van der Waals surface area contributed by atoms with E-state index in [2.05, 4.69) is 15.0 Å². The number of hydrogen-bond acceptors (Lipinski definition) is 4. The summed E-state index contributed by atoms with van der Waals surface area (Å²) >= 11 is 5.86. The second-order valence-corrected chi connectivity index (χ2v) is 4.40. The lowest BCUT2D eigenvalue weighted by atomic mass is 10.1. The van der Waals surface area contributed by atoms with Crippen LogP contribution in [-0.2, 0) is 4.74 Å². The highest BCUT2D eigenvalue weighted by molar-refractivity contribution is 6.30. The summed E-state index contributed by atoms with van der Waals surface area (Å²) in [5.74, 6) is 0.516. The van der Waals surface area contributed by atoms with Crippen LogP contribution in [0.3, 0.4) is 0 Å². The van der Waals surface area contributed by atoms with Gasteiger partial charge < -0.3 is 9.64 Å². The summed E-state index contributed by atoms with van der Waals surface area (Å²) in [5, 5.41) is 3.28. The van der Waals surface area contributed by atoms with Crippen LogP contribution >= 0.6 is 11.6 Å². The molecule has 1 aromatic carbocycles. The highest BCUT2D eigenvalue weighted by atomic mass is 35.5. The summed E-state index contributed by atoms with van der Waals surface area (Å²) in [6, 6.07) is 7.71. The fourth-order valence-corrected chi connectivity index (χ4v) is 1.96. The van der Waals surface area contributed by atoms with E-state index in [0.717, 1.165) is 5.56 Å². The van der Waals surface area contributed by atoms with Crippen molar-refractivity contribution in [1.29, 1.82) is 0 Å². The van der Waals surface area contributed by atoms with Crippen LogP contribution in [0.1, 0.15) is 11.6 Å². The molecule has 0 aromatic heterocycles. The normalized spacial score (nSPS) is 18.5. The number of rotatable bonds is 1. The molecule has 0 fully saturated rings. The second-order valence-electron chi connectivity index (χ2n) is 3.96. The largest absolute Gasteiger partial charge is 0.453 e. The first-order valence-corrected chi connectivity index (χ1v) is 5.87. The van der Waals surface area contributed by atoms with Gasteiger partial charge >= 0.3 is 6.09 Å². The number of carbonyl (C=O) groups is 1. The monoisotopic (exact) mass is 267 g/mol. The van der Waals surface area contributed by atoms with Gasteiger partial charge in [0.15, 0.2) is 0 Å². The Bertz CT molecular complexity index is 473. The van der Waals surface area contributed by atoms with E-state index in [9.17, 15) is 4.79 Å². The molecule has 2 rings (SSSR count). The van der Waals surface area contributed by atoms with E-state index in [1.807, 2.05) is 36.2 Å². The molecular formula is C12H14ClN3O2. The van der Waals surface area contributed by atoms with E-state index in [-0.39, 0.29) is 6.04 Å². The molecule has 0 spiro atoms. The van der Waals surface area contributed by atoms with Crippen LogP contribution in [0.4, 0.5) is 4.79 Å². The maximum Gasteiger partial charge on any atom is 0.413 e. The number of halogens is 1. The molecule has 18 heavy (non-hydrogen) atoms. The highest BCUT2D eigenvalue weighted by Crippen LogP contribution is 2.25. The summed E-state index contributed by atoms with van der Waals surface area (Å²) in [6.07, 6.45) is -0.516. The lowest BCUT2D eigenvalue weighted by molar-refractivity contribution is 0.175. The second kappa shape index (κ2) is 5.27. The number of ether oxygens (including phenoxy) is 1. The predicted molar refractivity (Wildman–Crippen MR) is 69.8 cm³/mol. The third-order valence-corrected chi connectivity index (χ3v) is 3.12. The van der Waals surface area contributed by atoms with Crippen LogP contribution in [0, 0.1) is 0 Å². The number of methoxy groups -OCH3 is 1. The van der Waals surface area contributed by atoms with E-state index in [1.165, 1.54) is 7.11 Å². The van der Waals surface area contributed by atoms with Crippen LogP contribution in [0.15, 0.2) is 29.3 Å². The van der Waals surface area contributed by atoms with E-state index in [0.29, 0.717) is 17.5 Å². The molecule has 0 aliphatic carbocycles. The summed E-state index contributed by atoms with van der Waals surface area (Å²) in [4.78, 5) is 17.3. The quantitative estimate of drug-likeness (QED) is 0.847. The highest BCUT2D eigenvalue weighted by Gasteiger charge is 2.26. The molecule has 5 nitrogen and oxygen atoms in total. The third-order valence-electron chi connectivity index (χ3n) is 2.87. The number of nitrogens with zero attached hydrogens (tertiary/aromatic N) is 2. The molecular weight excluding hydrogens is 254 g/mol. The Hall–Kier alpha value is -1.75. The summed E-state index contributed by atoms with van der Waals surface area (Å²) in [5.41, 5.74) is 1.10. The SMILES string of the molecule is COC(=O)NC1=NCC(c2ccc(Cl)cc2)N1C. The van der Waals surface area contributed by atoms with Gasteiger partial charge in [-0.15, -0.1) is 0 Å². The van der Waals surface area contributed by atoms with Crippen molar-refractivity contribution in [2.45, 2.75) is 6.04 Å². The molecule has 6 heteroatoms. The fourth-order valence-electron chi connectivity index (χ4n) is 1.84. The smallest absolute Gasteiger partial charge is 0.413 e.